The summed E-state index contributed by atoms with van der Waals surface area (Å²) in [5.41, 5.74) is 1.19. The van der Waals surface area contributed by atoms with Gasteiger partial charge in [-0.25, -0.2) is 0 Å². The van der Waals surface area contributed by atoms with Gasteiger partial charge in [0, 0.05) is 18.5 Å². The van der Waals surface area contributed by atoms with Crippen LogP contribution in [0.15, 0.2) is 18.2 Å². The van der Waals surface area contributed by atoms with Crippen LogP contribution >= 0.6 is 7.92 Å². The highest BCUT2D eigenvalue weighted by molar-refractivity contribution is 7.65. The number of rotatable bonds is 9. The minimum absolute atomic E-state index is 0.407. The Hall–Kier alpha value is -0.630. The number of ether oxygens (including phenoxy) is 2. The molecule has 0 spiro atoms. The first-order chi connectivity index (χ1) is 9.19. The van der Waals surface area contributed by atoms with E-state index >= 15 is 0 Å². The highest BCUT2D eigenvalue weighted by Crippen LogP contribution is 2.37. The van der Waals surface area contributed by atoms with Gasteiger partial charge in [-0.05, 0) is 45.2 Å². The molecule has 1 aromatic rings. The quantitative estimate of drug-likeness (QED) is 0.560. The second kappa shape index (κ2) is 9.30. The lowest BCUT2D eigenvalue weighted by Crippen LogP contribution is -2.14. The number of aromatic hydroxyl groups is 1. The Labute approximate surface area is 117 Å². The molecule has 1 rings (SSSR count). The number of phenolic OH excluding ortho intramolecular Hbond substituents is 1. The molecule has 0 amide bonds. The summed E-state index contributed by atoms with van der Waals surface area (Å²) in [4.78, 5) is 0. The van der Waals surface area contributed by atoms with Gasteiger partial charge in [0.2, 0.25) is 0 Å². The van der Waals surface area contributed by atoms with E-state index in [2.05, 4.69) is 13.0 Å². The van der Waals surface area contributed by atoms with Crippen molar-refractivity contribution in [1.82, 2.24) is 0 Å². The molecule has 0 unspecified atom stereocenters. The maximum absolute atomic E-state index is 10.1. The van der Waals surface area contributed by atoms with Crippen LogP contribution in [0.2, 0.25) is 0 Å². The van der Waals surface area contributed by atoms with E-state index in [1.165, 1.54) is 5.56 Å². The van der Waals surface area contributed by atoms with Crippen molar-refractivity contribution in [3.63, 3.8) is 0 Å². The topological polar surface area (TPSA) is 38.7 Å². The summed E-state index contributed by atoms with van der Waals surface area (Å²) in [6.45, 7) is 9.06. The average molecular weight is 284 g/mol. The summed E-state index contributed by atoms with van der Waals surface area (Å²) in [5, 5.41) is 11.1. The van der Waals surface area contributed by atoms with Gasteiger partial charge < -0.3 is 14.6 Å². The van der Waals surface area contributed by atoms with Gasteiger partial charge in [0.15, 0.2) is 0 Å². The van der Waals surface area contributed by atoms with Crippen LogP contribution in [-0.4, -0.2) is 43.9 Å². The molecule has 1 N–H and O–H groups in total. The third-order valence-electron chi connectivity index (χ3n) is 2.89. The third-order valence-corrected chi connectivity index (χ3v) is 5.38. The van der Waals surface area contributed by atoms with Crippen LogP contribution in [0, 0.1) is 6.92 Å². The van der Waals surface area contributed by atoms with Crippen LogP contribution in [0.25, 0.3) is 0 Å². The third kappa shape index (κ3) is 5.90. The molecule has 0 bridgehead atoms. The first kappa shape index (κ1) is 16.4. The molecule has 0 atom stereocenters. The molecule has 0 fully saturated rings. The molecule has 19 heavy (non-hydrogen) atoms. The predicted octanol–water partition coefficient (Wildman–Crippen LogP) is 2.88. The summed E-state index contributed by atoms with van der Waals surface area (Å²) >= 11 is 0. The van der Waals surface area contributed by atoms with E-state index in [0.717, 1.165) is 44.1 Å². The molecule has 1 aromatic carbocycles. The molecule has 0 aliphatic heterocycles. The van der Waals surface area contributed by atoms with E-state index in [9.17, 15) is 5.11 Å². The summed E-state index contributed by atoms with van der Waals surface area (Å²) in [6.07, 6.45) is 1.96. The smallest absolute Gasteiger partial charge is 0.123 e. The molecule has 0 aliphatic carbocycles. The lowest BCUT2D eigenvalue weighted by molar-refractivity contribution is 0.160. The molecular formula is C15H25O3P. The number of phenols is 1. The molecular weight excluding hydrogens is 259 g/mol. The van der Waals surface area contributed by atoms with Crippen molar-refractivity contribution < 1.29 is 14.6 Å². The molecule has 4 heteroatoms. The molecule has 0 heterocycles. The first-order valence-electron chi connectivity index (χ1n) is 6.89. The van der Waals surface area contributed by atoms with Gasteiger partial charge in [0.1, 0.15) is 5.75 Å². The molecule has 3 nitrogen and oxygen atoms in total. The minimum Gasteiger partial charge on any atom is -0.507 e. The lowest BCUT2D eigenvalue weighted by Gasteiger charge is -2.19. The second-order valence-electron chi connectivity index (χ2n) is 4.37. The fourth-order valence-corrected chi connectivity index (χ4v) is 4.07. The fraction of sp³-hybridized carbons (Fsp3) is 0.600. The van der Waals surface area contributed by atoms with Crippen molar-refractivity contribution in [1.29, 1.82) is 0 Å². The number of aryl methyl sites for hydroxylation is 1. The van der Waals surface area contributed by atoms with Gasteiger partial charge in [-0.1, -0.05) is 19.6 Å². The number of benzene rings is 1. The van der Waals surface area contributed by atoms with E-state index < -0.39 is 7.92 Å². The summed E-state index contributed by atoms with van der Waals surface area (Å²) in [7, 11) is -0.416. The van der Waals surface area contributed by atoms with E-state index in [1.807, 2.05) is 19.9 Å². The lowest BCUT2D eigenvalue weighted by atomic mass is 10.2. The molecule has 108 valence electrons. The van der Waals surface area contributed by atoms with Crippen molar-refractivity contribution in [2.45, 2.75) is 20.8 Å². The highest BCUT2D eigenvalue weighted by Gasteiger charge is 2.15. The van der Waals surface area contributed by atoms with Crippen molar-refractivity contribution in [2.24, 2.45) is 0 Å². The van der Waals surface area contributed by atoms with Crippen molar-refractivity contribution in [3.8, 4) is 5.75 Å². The maximum atomic E-state index is 10.1. The number of hydrogen-bond acceptors (Lipinski definition) is 3. The Morgan fingerprint density at radius 1 is 1.05 bits per heavy atom. The Bertz CT molecular complexity index is 358. The van der Waals surface area contributed by atoms with Crippen LogP contribution < -0.4 is 5.30 Å². The first-order valence-corrected chi connectivity index (χ1v) is 8.60. The van der Waals surface area contributed by atoms with Crippen LogP contribution in [-0.2, 0) is 9.47 Å². The number of hydrogen-bond donors (Lipinski definition) is 1. The van der Waals surface area contributed by atoms with E-state index in [0.29, 0.717) is 5.75 Å². The van der Waals surface area contributed by atoms with Gasteiger partial charge >= 0.3 is 0 Å². The Kier molecular flexibility index (Phi) is 8.04. The van der Waals surface area contributed by atoms with E-state index in [-0.39, 0.29) is 0 Å². The van der Waals surface area contributed by atoms with Gasteiger partial charge in [-0.15, -0.1) is 0 Å². The fourth-order valence-electron chi connectivity index (χ4n) is 1.88. The Balaban J connectivity index is 2.72. The van der Waals surface area contributed by atoms with Crippen LogP contribution in [0.5, 0.6) is 5.75 Å². The van der Waals surface area contributed by atoms with E-state index in [4.69, 9.17) is 9.47 Å². The van der Waals surface area contributed by atoms with Gasteiger partial charge in [-0.3, -0.25) is 0 Å². The second-order valence-corrected chi connectivity index (χ2v) is 6.83. The van der Waals surface area contributed by atoms with Gasteiger partial charge in [-0.2, -0.15) is 0 Å². The Morgan fingerprint density at radius 2 is 1.63 bits per heavy atom. The molecule has 0 radical (unpaired) electrons. The zero-order valence-corrected chi connectivity index (χ0v) is 13.1. The highest BCUT2D eigenvalue weighted by atomic mass is 31.1. The van der Waals surface area contributed by atoms with Gasteiger partial charge in [0.25, 0.3) is 0 Å². The van der Waals surface area contributed by atoms with Crippen molar-refractivity contribution in [2.75, 3.05) is 38.8 Å². The maximum Gasteiger partial charge on any atom is 0.123 e. The summed E-state index contributed by atoms with van der Waals surface area (Å²) < 4.78 is 10.9. The van der Waals surface area contributed by atoms with Crippen LogP contribution in [0.3, 0.4) is 0 Å². The standard InChI is InChI=1S/C15H25O3P/c1-4-17-8-10-19(11-9-18-5-2)15-12-13(3)6-7-14(15)16/h6-7,12,16H,4-5,8-11H2,1-3H3. The average Bonchev–Trinajstić information content (AvgIpc) is 2.40. The summed E-state index contributed by atoms with van der Waals surface area (Å²) in [6, 6.07) is 5.83. The molecule has 0 saturated carbocycles. The Morgan fingerprint density at radius 3 is 2.16 bits per heavy atom. The zero-order valence-electron chi connectivity index (χ0n) is 12.2. The van der Waals surface area contributed by atoms with Crippen molar-refractivity contribution in [3.05, 3.63) is 23.8 Å². The largest absolute Gasteiger partial charge is 0.507 e. The zero-order chi connectivity index (χ0) is 14.1. The molecule has 0 aliphatic rings. The van der Waals surface area contributed by atoms with E-state index in [1.54, 1.807) is 6.07 Å². The molecule has 0 saturated heterocycles. The normalized spacial score (nSPS) is 11.2. The summed E-state index contributed by atoms with van der Waals surface area (Å²) in [5.74, 6) is 0.407. The monoisotopic (exact) mass is 284 g/mol. The predicted molar refractivity (Wildman–Crippen MR) is 82.1 cm³/mol. The minimum atomic E-state index is -0.416. The van der Waals surface area contributed by atoms with Gasteiger partial charge in [0.05, 0.1) is 13.2 Å². The van der Waals surface area contributed by atoms with Crippen LogP contribution in [0.1, 0.15) is 19.4 Å². The SMILES string of the molecule is CCOCCP(CCOCC)c1cc(C)ccc1O. The van der Waals surface area contributed by atoms with Crippen molar-refractivity contribution >= 4 is 13.2 Å². The molecule has 0 aromatic heterocycles. The van der Waals surface area contributed by atoms with Crippen LogP contribution in [0.4, 0.5) is 0 Å².